The van der Waals surface area contributed by atoms with Crippen LogP contribution in [0, 0.1) is 13.8 Å². The minimum absolute atomic E-state index is 0.0662. The Balaban J connectivity index is 2.90. The molecule has 0 aliphatic heterocycles. The molecule has 0 aliphatic carbocycles. The maximum absolute atomic E-state index is 10.4. The predicted molar refractivity (Wildman–Crippen MR) is 51.9 cm³/mol. The summed E-state index contributed by atoms with van der Waals surface area (Å²) in [6, 6.07) is 0. The molecule has 0 atom stereocenters. The summed E-state index contributed by atoms with van der Waals surface area (Å²) in [4.78, 5) is 18.4. The van der Waals surface area contributed by atoms with Gasteiger partial charge in [-0.1, -0.05) is 0 Å². The predicted octanol–water partition coefficient (Wildman–Crippen LogP) is 0.693. The molecule has 0 saturated carbocycles. The van der Waals surface area contributed by atoms with E-state index in [1.54, 1.807) is 0 Å². The van der Waals surface area contributed by atoms with Gasteiger partial charge in [0, 0.05) is 17.8 Å². The van der Waals surface area contributed by atoms with Crippen molar-refractivity contribution in [2.45, 2.75) is 26.7 Å². The van der Waals surface area contributed by atoms with Gasteiger partial charge in [-0.25, -0.2) is 9.97 Å². The number of nitrogens with two attached hydrogens (primary N) is 1. The van der Waals surface area contributed by atoms with Gasteiger partial charge in [-0.05, 0) is 19.4 Å². The van der Waals surface area contributed by atoms with E-state index in [1.807, 2.05) is 13.8 Å². The van der Waals surface area contributed by atoms with Crippen LogP contribution in [0.1, 0.15) is 23.4 Å². The van der Waals surface area contributed by atoms with Gasteiger partial charge in [-0.2, -0.15) is 0 Å². The third kappa shape index (κ3) is 2.42. The lowest BCUT2D eigenvalue weighted by Crippen LogP contribution is -2.07. The van der Waals surface area contributed by atoms with E-state index >= 15 is 0 Å². The van der Waals surface area contributed by atoms with Crippen LogP contribution in [0.15, 0.2) is 0 Å². The summed E-state index contributed by atoms with van der Waals surface area (Å²) >= 11 is 0. The second-order valence-electron chi connectivity index (χ2n) is 3.13. The van der Waals surface area contributed by atoms with Crippen molar-refractivity contribution in [1.82, 2.24) is 9.97 Å². The van der Waals surface area contributed by atoms with Crippen LogP contribution in [0.5, 0.6) is 0 Å². The Kier molecular flexibility index (Phi) is 3.01. The number of carbonyl (C=O) groups is 1. The van der Waals surface area contributed by atoms with Gasteiger partial charge in [0.05, 0.1) is 6.42 Å². The monoisotopic (exact) mass is 195 g/mol. The van der Waals surface area contributed by atoms with Gasteiger partial charge < -0.3 is 10.8 Å². The summed E-state index contributed by atoms with van der Waals surface area (Å²) in [6.07, 6.45) is 0.464. The van der Waals surface area contributed by atoms with Crippen molar-refractivity contribution < 1.29 is 9.90 Å². The van der Waals surface area contributed by atoms with Crippen LogP contribution in [0.2, 0.25) is 0 Å². The molecule has 14 heavy (non-hydrogen) atoms. The number of rotatable bonds is 3. The number of carboxylic acids is 1. The highest BCUT2D eigenvalue weighted by Gasteiger charge is 2.07. The van der Waals surface area contributed by atoms with Gasteiger partial charge in [0.25, 0.3) is 0 Å². The number of aryl methyl sites for hydroxylation is 2. The first-order chi connectivity index (χ1) is 6.50. The molecule has 0 saturated heterocycles. The zero-order valence-corrected chi connectivity index (χ0v) is 8.24. The number of carboxylic acid groups (broad SMARTS) is 1. The molecule has 3 N–H and O–H groups in total. The summed E-state index contributed by atoms with van der Waals surface area (Å²) < 4.78 is 0. The normalized spacial score (nSPS) is 10.1. The molecule has 0 amide bonds. The van der Waals surface area contributed by atoms with E-state index in [9.17, 15) is 4.79 Å². The molecule has 0 radical (unpaired) electrons. The van der Waals surface area contributed by atoms with E-state index < -0.39 is 5.97 Å². The minimum atomic E-state index is -0.834. The summed E-state index contributed by atoms with van der Waals surface area (Å²) in [5.74, 6) is -0.632. The molecule has 5 nitrogen and oxygen atoms in total. The van der Waals surface area contributed by atoms with Crippen molar-refractivity contribution in [1.29, 1.82) is 0 Å². The minimum Gasteiger partial charge on any atom is -0.481 e. The fourth-order valence-electron chi connectivity index (χ4n) is 1.18. The van der Waals surface area contributed by atoms with Gasteiger partial charge in [0.2, 0.25) is 5.95 Å². The second-order valence-corrected chi connectivity index (χ2v) is 3.13. The number of nitrogen functional groups attached to an aromatic ring is 1. The number of hydrogen-bond donors (Lipinski definition) is 2. The number of anilines is 1. The highest BCUT2D eigenvalue weighted by Crippen LogP contribution is 2.12. The Morgan fingerprint density at radius 1 is 1.43 bits per heavy atom. The molecular weight excluding hydrogens is 182 g/mol. The smallest absolute Gasteiger partial charge is 0.303 e. The fourth-order valence-corrected chi connectivity index (χ4v) is 1.18. The SMILES string of the molecule is Cc1nc(N)nc(CCC(=O)O)c1C. The molecular formula is C9H13N3O2. The van der Waals surface area contributed by atoms with Crippen molar-refractivity contribution in [2.24, 2.45) is 0 Å². The van der Waals surface area contributed by atoms with E-state index in [0.29, 0.717) is 6.42 Å². The summed E-state index contributed by atoms with van der Waals surface area (Å²) in [6.45, 7) is 3.70. The average molecular weight is 195 g/mol. The molecule has 1 heterocycles. The van der Waals surface area contributed by atoms with E-state index in [1.165, 1.54) is 0 Å². The van der Waals surface area contributed by atoms with Crippen molar-refractivity contribution in [3.8, 4) is 0 Å². The summed E-state index contributed by atoms with van der Waals surface area (Å²) in [5.41, 5.74) is 7.91. The first-order valence-corrected chi connectivity index (χ1v) is 4.32. The lowest BCUT2D eigenvalue weighted by molar-refractivity contribution is -0.136. The number of aromatic nitrogens is 2. The van der Waals surface area contributed by atoms with Gasteiger partial charge in [0.1, 0.15) is 0 Å². The Hall–Kier alpha value is -1.65. The van der Waals surface area contributed by atoms with Gasteiger partial charge in [0.15, 0.2) is 0 Å². The molecule has 0 aromatic carbocycles. The van der Waals surface area contributed by atoms with E-state index in [4.69, 9.17) is 10.8 Å². The van der Waals surface area contributed by atoms with Gasteiger partial charge in [-0.15, -0.1) is 0 Å². The quantitative estimate of drug-likeness (QED) is 0.740. The summed E-state index contributed by atoms with van der Waals surface area (Å²) in [5, 5.41) is 8.53. The maximum Gasteiger partial charge on any atom is 0.303 e. The molecule has 1 aromatic rings. The van der Waals surface area contributed by atoms with Crippen molar-refractivity contribution in [3.63, 3.8) is 0 Å². The molecule has 1 rings (SSSR count). The fraction of sp³-hybridized carbons (Fsp3) is 0.444. The molecule has 0 fully saturated rings. The van der Waals surface area contributed by atoms with Crippen LogP contribution >= 0.6 is 0 Å². The van der Waals surface area contributed by atoms with Crippen LogP contribution in [0.3, 0.4) is 0 Å². The molecule has 0 aliphatic rings. The third-order valence-electron chi connectivity index (χ3n) is 2.08. The lowest BCUT2D eigenvalue weighted by atomic mass is 10.1. The van der Waals surface area contributed by atoms with Crippen LogP contribution in [-0.4, -0.2) is 21.0 Å². The standard InChI is InChI=1S/C9H13N3O2/c1-5-6(2)11-9(10)12-7(5)3-4-8(13)14/h3-4H2,1-2H3,(H,13,14)(H2,10,11,12). The Morgan fingerprint density at radius 3 is 2.64 bits per heavy atom. The topological polar surface area (TPSA) is 89.1 Å². The first-order valence-electron chi connectivity index (χ1n) is 4.32. The Labute approximate surface area is 82.0 Å². The second kappa shape index (κ2) is 4.04. The molecule has 1 aromatic heterocycles. The maximum atomic E-state index is 10.4. The zero-order chi connectivity index (χ0) is 10.7. The average Bonchev–Trinajstić information content (AvgIpc) is 2.08. The molecule has 0 bridgehead atoms. The molecule has 5 heteroatoms. The first kappa shape index (κ1) is 10.4. The Bertz CT molecular complexity index is 363. The van der Waals surface area contributed by atoms with E-state index in [-0.39, 0.29) is 12.4 Å². The van der Waals surface area contributed by atoms with Gasteiger partial charge in [-0.3, -0.25) is 4.79 Å². The number of nitrogens with zero attached hydrogens (tertiary/aromatic N) is 2. The van der Waals surface area contributed by atoms with E-state index in [2.05, 4.69) is 9.97 Å². The molecule has 0 spiro atoms. The largest absolute Gasteiger partial charge is 0.481 e. The molecule has 0 unspecified atom stereocenters. The van der Waals surface area contributed by atoms with Crippen LogP contribution in [-0.2, 0) is 11.2 Å². The number of hydrogen-bond acceptors (Lipinski definition) is 4. The summed E-state index contributed by atoms with van der Waals surface area (Å²) in [7, 11) is 0. The van der Waals surface area contributed by atoms with Crippen molar-refractivity contribution >= 4 is 11.9 Å². The highest BCUT2D eigenvalue weighted by atomic mass is 16.4. The van der Waals surface area contributed by atoms with Crippen LogP contribution in [0.25, 0.3) is 0 Å². The van der Waals surface area contributed by atoms with Gasteiger partial charge >= 0.3 is 5.97 Å². The zero-order valence-electron chi connectivity index (χ0n) is 8.24. The third-order valence-corrected chi connectivity index (χ3v) is 2.08. The van der Waals surface area contributed by atoms with E-state index in [0.717, 1.165) is 17.0 Å². The number of aliphatic carboxylic acids is 1. The van der Waals surface area contributed by atoms with Crippen LogP contribution < -0.4 is 5.73 Å². The van der Waals surface area contributed by atoms with Crippen molar-refractivity contribution in [3.05, 3.63) is 17.0 Å². The molecule has 76 valence electrons. The highest BCUT2D eigenvalue weighted by molar-refractivity contribution is 5.67. The lowest BCUT2D eigenvalue weighted by Gasteiger charge is -2.06. The van der Waals surface area contributed by atoms with Crippen molar-refractivity contribution in [2.75, 3.05) is 5.73 Å². The Morgan fingerprint density at radius 2 is 2.07 bits per heavy atom. The van der Waals surface area contributed by atoms with Crippen LogP contribution in [0.4, 0.5) is 5.95 Å².